The van der Waals surface area contributed by atoms with Crippen molar-refractivity contribution in [3.63, 3.8) is 0 Å². The fourth-order valence-corrected chi connectivity index (χ4v) is 3.90. The molecule has 30 heavy (non-hydrogen) atoms. The van der Waals surface area contributed by atoms with Crippen molar-refractivity contribution in [2.75, 3.05) is 29.9 Å². The molecule has 3 rings (SSSR count). The number of nitrogens with one attached hydrogen (secondary N) is 1. The van der Waals surface area contributed by atoms with Crippen LogP contribution in [0.2, 0.25) is 0 Å². The average molecular weight is 478 g/mol. The number of hydrogen-bond donors (Lipinski definition) is 1. The third kappa shape index (κ3) is 5.33. The molecule has 162 valence electrons. The van der Waals surface area contributed by atoms with Gasteiger partial charge in [0.25, 0.3) is 5.56 Å². The molecular weight excluding hydrogens is 450 g/mol. The van der Waals surface area contributed by atoms with E-state index in [0.717, 1.165) is 10.2 Å². The van der Waals surface area contributed by atoms with E-state index in [9.17, 15) is 9.59 Å². The Morgan fingerprint density at radius 1 is 1.30 bits per heavy atom. The highest BCUT2D eigenvalue weighted by Crippen LogP contribution is 2.23. The number of rotatable bonds is 3. The molecule has 3 heterocycles. The van der Waals surface area contributed by atoms with Crippen LogP contribution in [0.25, 0.3) is 0 Å². The molecule has 0 saturated carbocycles. The third-order valence-corrected chi connectivity index (χ3v) is 5.21. The van der Waals surface area contributed by atoms with Gasteiger partial charge in [-0.25, -0.2) is 9.78 Å². The zero-order valence-electron chi connectivity index (χ0n) is 18.0. The molecule has 1 aliphatic rings. The van der Waals surface area contributed by atoms with Gasteiger partial charge in [0.05, 0.1) is 11.9 Å². The predicted octanol–water partition coefficient (Wildman–Crippen LogP) is 3.73. The molecule has 1 N–H and O–H groups in total. The number of ether oxygens (including phenoxy) is 1. The van der Waals surface area contributed by atoms with Crippen LogP contribution in [0.1, 0.15) is 27.7 Å². The molecule has 2 aromatic heterocycles. The molecule has 8 nitrogen and oxygen atoms in total. The standard InChI is InChI=1S/C21H28BrN5O3/c1-14-12-26(20(29)30-21(2,3)4)8-9-27(14)16-6-7-18(23-11-16)24-17-10-15(22)13-25(5)19(17)28/h6-7,10-11,13-14H,8-9,12H2,1-5H3,(H,23,24). The zero-order valence-corrected chi connectivity index (χ0v) is 19.6. The van der Waals surface area contributed by atoms with E-state index in [4.69, 9.17) is 4.74 Å². The first-order chi connectivity index (χ1) is 14.0. The molecule has 0 aromatic carbocycles. The van der Waals surface area contributed by atoms with Gasteiger partial charge in [0.1, 0.15) is 17.1 Å². The fourth-order valence-electron chi connectivity index (χ4n) is 3.36. The van der Waals surface area contributed by atoms with Crippen molar-refractivity contribution in [1.29, 1.82) is 0 Å². The van der Waals surface area contributed by atoms with Crippen LogP contribution in [-0.2, 0) is 11.8 Å². The van der Waals surface area contributed by atoms with Crippen molar-refractivity contribution in [2.45, 2.75) is 39.3 Å². The van der Waals surface area contributed by atoms with Crippen molar-refractivity contribution in [1.82, 2.24) is 14.5 Å². The lowest BCUT2D eigenvalue weighted by Gasteiger charge is -2.41. The lowest BCUT2D eigenvalue weighted by atomic mass is 10.1. The molecule has 9 heteroatoms. The van der Waals surface area contributed by atoms with Crippen molar-refractivity contribution in [3.05, 3.63) is 45.4 Å². The topological polar surface area (TPSA) is 79.7 Å². The second-order valence-electron chi connectivity index (χ2n) is 8.48. The third-order valence-electron chi connectivity index (χ3n) is 4.77. The van der Waals surface area contributed by atoms with Crippen molar-refractivity contribution in [2.24, 2.45) is 7.05 Å². The Morgan fingerprint density at radius 3 is 2.63 bits per heavy atom. The molecule has 1 saturated heterocycles. The molecule has 1 atom stereocenters. The first kappa shape index (κ1) is 22.1. The molecule has 1 fully saturated rings. The first-order valence-corrected chi connectivity index (χ1v) is 10.7. The first-order valence-electron chi connectivity index (χ1n) is 9.87. The molecule has 0 spiro atoms. The van der Waals surface area contributed by atoms with Gasteiger partial charge in [-0.05, 0) is 61.8 Å². The van der Waals surface area contributed by atoms with Crippen LogP contribution in [-0.4, -0.2) is 51.8 Å². The normalized spacial score (nSPS) is 17.1. The van der Waals surface area contributed by atoms with Gasteiger partial charge in [0.15, 0.2) is 0 Å². The van der Waals surface area contributed by atoms with Gasteiger partial charge in [0, 0.05) is 43.4 Å². The number of carbonyl (C=O) groups is 1. The van der Waals surface area contributed by atoms with Gasteiger partial charge in [-0.15, -0.1) is 0 Å². The summed E-state index contributed by atoms with van der Waals surface area (Å²) >= 11 is 3.40. The van der Waals surface area contributed by atoms with Gasteiger partial charge >= 0.3 is 6.09 Å². The predicted molar refractivity (Wildman–Crippen MR) is 122 cm³/mol. The minimum Gasteiger partial charge on any atom is -0.444 e. The van der Waals surface area contributed by atoms with Crippen LogP contribution in [0.4, 0.5) is 22.0 Å². The summed E-state index contributed by atoms with van der Waals surface area (Å²) in [5, 5.41) is 3.08. The zero-order chi connectivity index (χ0) is 22.1. The minimum atomic E-state index is -0.500. The molecular formula is C21H28BrN5O3. The van der Waals surface area contributed by atoms with Gasteiger partial charge in [-0.2, -0.15) is 0 Å². The number of nitrogens with zero attached hydrogens (tertiary/aromatic N) is 4. The molecule has 2 aromatic rings. The number of piperazine rings is 1. The van der Waals surface area contributed by atoms with Crippen LogP contribution in [0.3, 0.4) is 0 Å². The summed E-state index contributed by atoms with van der Waals surface area (Å²) in [5.74, 6) is 0.592. The summed E-state index contributed by atoms with van der Waals surface area (Å²) in [4.78, 5) is 33.0. The van der Waals surface area contributed by atoms with E-state index in [2.05, 4.69) is 38.1 Å². The number of aromatic nitrogens is 2. The van der Waals surface area contributed by atoms with Crippen LogP contribution in [0.5, 0.6) is 0 Å². The van der Waals surface area contributed by atoms with Gasteiger partial charge < -0.3 is 24.4 Å². The summed E-state index contributed by atoms with van der Waals surface area (Å²) in [6, 6.07) is 5.68. The molecule has 0 bridgehead atoms. The maximum atomic E-state index is 12.3. The number of halogens is 1. The lowest BCUT2D eigenvalue weighted by Crippen LogP contribution is -2.54. The van der Waals surface area contributed by atoms with E-state index >= 15 is 0 Å². The Hall–Kier alpha value is -2.55. The largest absolute Gasteiger partial charge is 0.444 e. The molecule has 0 aliphatic carbocycles. The number of pyridine rings is 2. The monoisotopic (exact) mass is 477 g/mol. The molecule has 1 unspecified atom stereocenters. The summed E-state index contributed by atoms with van der Waals surface area (Å²) in [7, 11) is 1.70. The summed E-state index contributed by atoms with van der Waals surface area (Å²) in [6.07, 6.45) is 3.22. The van der Waals surface area contributed by atoms with Crippen LogP contribution < -0.4 is 15.8 Å². The highest BCUT2D eigenvalue weighted by Gasteiger charge is 2.30. The van der Waals surface area contributed by atoms with Crippen molar-refractivity contribution >= 4 is 39.2 Å². The van der Waals surface area contributed by atoms with Gasteiger partial charge in [0.2, 0.25) is 0 Å². The Morgan fingerprint density at radius 2 is 2.03 bits per heavy atom. The van der Waals surface area contributed by atoms with E-state index in [-0.39, 0.29) is 17.7 Å². The average Bonchev–Trinajstić information content (AvgIpc) is 2.65. The summed E-state index contributed by atoms with van der Waals surface area (Å²) in [6.45, 7) is 9.56. The number of hydrogen-bond acceptors (Lipinski definition) is 6. The Balaban J connectivity index is 1.66. The summed E-state index contributed by atoms with van der Waals surface area (Å²) < 4.78 is 7.79. The molecule has 0 radical (unpaired) electrons. The second-order valence-corrected chi connectivity index (χ2v) is 9.40. The Kier molecular flexibility index (Phi) is 6.40. The SMILES string of the molecule is CC1CN(C(=O)OC(C)(C)C)CCN1c1ccc(Nc2cc(Br)cn(C)c2=O)nc1. The van der Waals surface area contributed by atoms with E-state index in [1.165, 1.54) is 4.57 Å². The number of carbonyl (C=O) groups excluding carboxylic acids is 1. The minimum absolute atomic E-state index is 0.129. The van der Waals surface area contributed by atoms with Crippen LogP contribution in [0, 0.1) is 0 Å². The Labute approximate surface area is 185 Å². The fraction of sp³-hybridized carbons (Fsp3) is 0.476. The van der Waals surface area contributed by atoms with E-state index in [1.54, 1.807) is 30.4 Å². The lowest BCUT2D eigenvalue weighted by molar-refractivity contribution is 0.0219. The summed E-state index contributed by atoms with van der Waals surface area (Å²) in [5.41, 5.74) is 0.793. The Bertz CT molecular complexity index is 968. The van der Waals surface area contributed by atoms with Crippen LogP contribution >= 0.6 is 15.9 Å². The van der Waals surface area contributed by atoms with Crippen LogP contribution in [0.15, 0.2) is 39.9 Å². The smallest absolute Gasteiger partial charge is 0.410 e. The van der Waals surface area contributed by atoms with Gasteiger partial charge in [-0.1, -0.05) is 0 Å². The second kappa shape index (κ2) is 8.67. The molecule has 1 amide bonds. The quantitative estimate of drug-likeness (QED) is 0.725. The van der Waals surface area contributed by atoms with Crippen molar-refractivity contribution < 1.29 is 9.53 Å². The maximum absolute atomic E-state index is 12.3. The van der Waals surface area contributed by atoms with E-state index in [1.807, 2.05) is 32.9 Å². The van der Waals surface area contributed by atoms with E-state index < -0.39 is 5.60 Å². The highest BCUT2D eigenvalue weighted by molar-refractivity contribution is 9.10. The van der Waals surface area contributed by atoms with Crippen molar-refractivity contribution in [3.8, 4) is 0 Å². The van der Waals surface area contributed by atoms with Gasteiger partial charge in [-0.3, -0.25) is 4.79 Å². The number of aryl methyl sites for hydroxylation is 1. The number of anilines is 3. The molecule has 1 aliphatic heterocycles. The van der Waals surface area contributed by atoms with E-state index in [0.29, 0.717) is 31.1 Å². The number of amides is 1. The highest BCUT2D eigenvalue weighted by atomic mass is 79.9. The maximum Gasteiger partial charge on any atom is 0.410 e.